The van der Waals surface area contributed by atoms with E-state index in [2.05, 4.69) is 0 Å². The molecule has 8 heteroatoms. The molecule has 170 valence electrons. The van der Waals surface area contributed by atoms with Crippen molar-refractivity contribution in [2.75, 3.05) is 0 Å². The average molecular weight is 492 g/mol. The molecule has 0 fully saturated rings. The summed E-state index contributed by atoms with van der Waals surface area (Å²) >= 11 is 11.8. The standard InChI is InChI=1S/C25H18Cl2F3NO2/c26-18-11-17(12-19(27)13-18)22(25(28,29)30)10-9-15-5-7-16(8-6-15)14-31-23(32)20-3-1-2-4-21(20)24(31)33/h1-13,22-23,32H,14H2/b10-9+. The first-order valence-corrected chi connectivity index (χ1v) is 10.8. The number of hydrogen-bond donors (Lipinski definition) is 1. The quantitative estimate of drug-likeness (QED) is 0.417. The van der Waals surface area contributed by atoms with Gasteiger partial charge in [-0.2, -0.15) is 13.2 Å². The van der Waals surface area contributed by atoms with Crippen LogP contribution in [-0.2, 0) is 6.54 Å². The SMILES string of the molecule is O=C1c2ccccc2C(O)N1Cc1ccc(/C=C/C(c2cc(Cl)cc(Cl)c2)C(F)(F)F)cc1. The van der Waals surface area contributed by atoms with Crippen LogP contribution in [0.3, 0.4) is 0 Å². The summed E-state index contributed by atoms with van der Waals surface area (Å²) in [5.41, 5.74) is 2.26. The van der Waals surface area contributed by atoms with E-state index in [1.807, 2.05) is 0 Å². The molecule has 0 saturated carbocycles. The zero-order valence-electron chi connectivity index (χ0n) is 17.1. The molecule has 2 atom stereocenters. The molecule has 2 unspecified atom stereocenters. The predicted octanol–water partition coefficient (Wildman–Crippen LogP) is 7.00. The Hall–Kier alpha value is -2.80. The maximum Gasteiger partial charge on any atom is 0.399 e. The molecule has 0 saturated heterocycles. The Morgan fingerprint density at radius 1 is 1.00 bits per heavy atom. The Balaban J connectivity index is 1.50. The highest BCUT2D eigenvalue weighted by Crippen LogP contribution is 2.38. The van der Waals surface area contributed by atoms with Gasteiger partial charge in [0.15, 0.2) is 6.23 Å². The first-order chi connectivity index (χ1) is 15.6. The zero-order valence-corrected chi connectivity index (χ0v) is 18.6. The van der Waals surface area contributed by atoms with Gasteiger partial charge in [-0.05, 0) is 41.0 Å². The third kappa shape index (κ3) is 5.08. The largest absolute Gasteiger partial charge is 0.399 e. The highest BCUT2D eigenvalue weighted by Gasteiger charge is 2.39. The normalized spacial score (nSPS) is 17.0. The molecule has 1 N–H and O–H groups in total. The summed E-state index contributed by atoms with van der Waals surface area (Å²) in [4.78, 5) is 13.9. The maximum atomic E-state index is 13.7. The van der Waals surface area contributed by atoms with Crippen molar-refractivity contribution >= 4 is 35.2 Å². The van der Waals surface area contributed by atoms with Crippen LogP contribution >= 0.6 is 23.2 Å². The summed E-state index contributed by atoms with van der Waals surface area (Å²) in [7, 11) is 0. The lowest BCUT2D eigenvalue weighted by atomic mass is 9.97. The van der Waals surface area contributed by atoms with Crippen LogP contribution < -0.4 is 0 Å². The first kappa shape index (κ1) is 23.4. The molecule has 0 aliphatic carbocycles. The molecule has 1 heterocycles. The van der Waals surface area contributed by atoms with Crippen molar-refractivity contribution in [3.63, 3.8) is 0 Å². The van der Waals surface area contributed by atoms with E-state index in [0.29, 0.717) is 16.7 Å². The summed E-state index contributed by atoms with van der Waals surface area (Å²) in [5, 5.41) is 10.7. The van der Waals surface area contributed by atoms with Crippen LogP contribution in [0, 0.1) is 0 Å². The minimum atomic E-state index is -4.52. The van der Waals surface area contributed by atoms with Gasteiger partial charge in [0.2, 0.25) is 0 Å². The minimum absolute atomic E-state index is 0.0473. The van der Waals surface area contributed by atoms with Gasteiger partial charge >= 0.3 is 6.18 Å². The van der Waals surface area contributed by atoms with E-state index in [9.17, 15) is 23.1 Å². The van der Waals surface area contributed by atoms with Crippen molar-refractivity contribution in [1.82, 2.24) is 4.90 Å². The predicted molar refractivity (Wildman–Crippen MR) is 122 cm³/mol. The van der Waals surface area contributed by atoms with Crippen LogP contribution in [0.2, 0.25) is 10.0 Å². The maximum absolute atomic E-state index is 13.7. The van der Waals surface area contributed by atoms with Gasteiger partial charge in [-0.25, -0.2) is 0 Å². The summed E-state index contributed by atoms with van der Waals surface area (Å²) in [6, 6.07) is 17.5. The number of halogens is 5. The van der Waals surface area contributed by atoms with Crippen LogP contribution in [-0.4, -0.2) is 22.1 Å². The molecule has 1 aliphatic heterocycles. The van der Waals surface area contributed by atoms with Gasteiger partial charge in [0.1, 0.15) is 0 Å². The summed E-state index contributed by atoms with van der Waals surface area (Å²) < 4.78 is 41.0. The van der Waals surface area contributed by atoms with E-state index in [1.54, 1.807) is 48.5 Å². The molecule has 0 bridgehead atoms. The molecular weight excluding hydrogens is 474 g/mol. The van der Waals surface area contributed by atoms with Crippen LogP contribution in [0.1, 0.15) is 44.8 Å². The number of rotatable bonds is 5. The van der Waals surface area contributed by atoms with Crippen molar-refractivity contribution < 1.29 is 23.1 Å². The summed E-state index contributed by atoms with van der Waals surface area (Å²) in [6.07, 6.45) is -3.12. The number of aliphatic hydroxyl groups is 1. The second-order valence-corrected chi connectivity index (χ2v) is 8.59. The van der Waals surface area contributed by atoms with Gasteiger partial charge in [0, 0.05) is 27.7 Å². The first-order valence-electron chi connectivity index (χ1n) is 10.0. The van der Waals surface area contributed by atoms with Gasteiger partial charge in [0.25, 0.3) is 5.91 Å². The monoisotopic (exact) mass is 491 g/mol. The highest BCUT2D eigenvalue weighted by atomic mass is 35.5. The van der Waals surface area contributed by atoms with Gasteiger partial charge < -0.3 is 10.0 Å². The number of hydrogen-bond acceptors (Lipinski definition) is 2. The third-order valence-electron chi connectivity index (χ3n) is 5.44. The Kier molecular flexibility index (Phi) is 6.52. The van der Waals surface area contributed by atoms with Crippen LogP contribution in [0.5, 0.6) is 0 Å². The lowest BCUT2D eigenvalue weighted by Gasteiger charge is -2.21. The van der Waals surface area contributed by atoms with E-state index < -0.39 is 18.3 Å². The molecule has 1 aliphatic rings. The Morgan fingerprint density at radius 3 is 2.24 bits per heavy atom. The van der Waals surface area contributed by atoms with E-state index in [1.165, 1.54) is 29.2 Å². The van der Waals surface area contributed by atoms with Gasteiger partial charge in [0.05, 0.1) is 5.92 Å². The molecule has 0 radical (unpaired) electrons. The topological polar surface area (TPSA) is 40.5 Å². The van der Waals surface area contributed by atoms with Crippen LogP contribution in [0.15, 0.2) is 72.8 Å². The number of fused-ring (bicyclic) bond motifs is 1. The smallest absolute Gasteiger partial charge is 0.369 e. The average Bonchev–Trinajstić information content (AvgIpc) is 2.98. The van der Waals surface area contributed by atoms with Crippen LogP contribution in [0.25, 0.3) is 6.08 Å². The summed E-state index contributed by atoms with van der Waals surface area (Å²) in [6.45, 7) is 0.171. The molecule has 3 aromatic carbocycles. The molecule has 4 rings (SSSR count). The number of amides is 1. The molecule has 3 nitrogen and oxygen atoms in total. The second kappa shape index (κ2) is 9.21. The lowest BCUT2D eigenvalue weighted by Crippen LogP contribution is -2.27. The molecule has 33 heavy (non-hydrogen) atoms. The Morgan fingerprint density at radius 2 is 1.64 bits per heavy atom. The fourth-order valence-electron chi connectivity index (χ4n) is 3.81. The van der Waals surface area contributed by atoms with Gasteiger partial charge in [-0.15, -0.1) is 0 Å². The summed E-state index contributed by atoms with van der Waals surface area (Å²) in [5.74, 6) is -2.14. The van der Waals surface area contributed by atoms with Crippen molar-refractivity contribution in [2.24, 2.45) is 0 Å². The number of carbonyl (C=O) groups is 1. The van der Waals surface area contributed by atoms with Gasteiger partial charge in [-0.1, -0.05) is 77.8 Å². The van der Waals surface area contributed by atoms with Crippen molar-refractivity contribution in [3.05, 3.63) is 111 Å². The molecular formula is C25H18Cl2F3NO2. The van der Waals surface area contributed by atoms with Crippen molar-refractivity contribution in [2.45, 2.75) is 24.9 Å². The van der Waals surface area contributed by atoms with Crippen LogP contribution in [0.4, 0.5) is 13.2 Å². The van der Waals surface area contributed by atoms with E-state index in [4.69, 9.17) is 23.2 Å². The Bertz CT molecular complexity index is 1190. The van der Waals surface area contributed by atoms with Gasteiger partial charge in [-0.3, -0.25) is 4.79 Å². The second-order valence-electron chi connectivity index (χ2n) is 7.72. The van der Waals surface area contributed by atoms with E-state index in [-0.39, 0.29) is 28.1 Å². The van der Waals surface area contributed by atoms with Crippen molar-refractivity contribution in [1.29, 1.82) is 0 Å². The number of allylic oxidation sites excluding steroid dienone is 1. The third-order valence-corrected chi connectivity index (χ3v) is 5.87. The zero-order chi connectivity index (χ0) is 23.8. The van der Waals surface area contributed by atoms with Crippen molar-refractivity contribution in [3.8, 4) is 0 Å². The number of benzene rings is 3. The van der Waals surface area contributed by atoms with E-state index in [0.717, 1.165) is 11.6 Å². The number of aliphatic hydroxyl groups excluding tert-OH is 1. The number of carbonyl (C=O) groups excluding carboxylic acids is 1. The molecule has 3 aromatic rings. The number of nitrogens with zero attached hydrogens (tertiary/aromatic N) is 1. The molecule has 0 spiro atoms. The fraction of sp³-hybridized carbons (Fsp3) is 0.160. The number of alkyl halides is 3. The highest BCUT2D eigenvalue weighted by molar-refractivity contribution is 6.34. The molecule has 0 aromatic heterocycles. The Labute approximate surface area is 198 Å². The minimum Gasteiger partial charge on any atom is -0.369 e. The lowest BCUT2D eigenvalue weighted by molar-refractivity contribution is -0.139. The molecule has 1 amide bonds. The fourth-order valence-corrected chi connectivity index (χ4v) is 4.35. The van der Waals surface area contributed by atoms with E-state index >= 15 is 0 Å².